The van der Waals surface area contributed by atoms with Gasteiger partial charge in [0.1, 0.15) is 5.39 Å². The lowest BCUT2D eigenvalue weighted by molar-refractivity contribution is -0.130. The van der Waals surface area contributed by atoms with Crippen LogP contribution in [0.25, 0.3) is 16.9 Å². The van der Waals surface area contributed by atoms with E-state index in [2.05, 4.69) is 49.8 Å². The number of carbonyl (C=O) groups excluding carboxylic acids is 1. The molecule has 1 saturated carbocycles. The Bertz CT molecular complexity index is 1690. The molecule has 6 rings (SSSR count). The molecule has 4 heterocycles. The Morgan fingerprint density at radius 3 is 2.67 bits per heavy atom. The maximum Gasteiger partial charge on any atom is 0.278 e. The molecule has 0 saturated heterocycles. The van der Waals surface area contributed by atoms with Crippen LogP contribution in [-0.2, 0) is 28.7 Å². The van der Waals surface area contributed by atoms with Crippen LogP contribution in [0.4, 0.5) is 11.6 Å². The zero-order valence-corrected chi connectivity index (χ0v) is 22.9. The number of hydrogen-bond donors (Lipinski definition) is 1. The van der Waals surface area contributed by atoms with Crippen molar-refractivity contribution in [2.24, 2.45) is 0 Å². The van der Waals surface area contributed by atoms with Gasteiger partial charge in [-0.3, -0.25) is 9.59 Å². The maximum atomic E-state index is 13.3. The quantitative estimate of drug-likeness (QED) is 0.384. The van der Waals surface area contributed by atoms with Crippen LogP contribution in [0.15, 0.2) is 60.0 Å². The molecule has 1 N–H and O–H groups in total. The summed E-state index contributed by atoms with van der Waals surface area (Å²) >= 11 is 0. The van der Waals surface area contributed by atoms with Gasteiger partial charge in [-0.05, 0) is 48.2 Å². The number of benzene rings is 1. The van der Waals surface area contributed by atoms with Crippen LogP contribution < -0.4 is 10.9 Å². The molecule has 1 spiro atoms. The van der Waals surface area contributed by atoms with Crippen molar-refractivity contribution in [2.75, 3.05) is 11.9 Å². The number of anilines is 2. The van der Waals surface area contributed by atoms with Crippen LogP contribution >= 0.6 is 0 Å². The Labute approximate surface area is 227 Å². The second-order valence-corrected chi connectivity index (χ2v) is 11.7. The fraction of sp³-hybridized carbons (Fsp3) is 0.367. The van der Waals surface area contributed by atoms with Gasteiger partial charge in [-0.2, -0.15) is 4.98 Å². The molecule has 4 aromatic rings. The third kappa shape index (κ3) is 4.31. The predicted molar refractivity (Wildman–Crippen MR) is 152 cm³/mol. The number of aromatic nitrogens is 5. The Morgan fingerprint density at radius 1 is 1.18 bits per heavy atom. The Kier molecular flexibility index (Phi) is 5.71. The number of hydrogen-bond acceptors (Lipinski definition) is 6. The van der Waals surface area contributed by atoms with Crippen molar-refractivity contribution in [3.63, 3.8) is 0 Å². The van der Waals surface area contributed by atoms with E-state index in [1.165, 1.54) is 5.56 Å². The van der Waals surface area contributed by atoms with Crippen molar-refractivity contribution >= 4 is 28.6 Å². The van der Waals surface area contributed by atoms with Gasteiger partial charge in [0.2, 0.25) is 11.9 Å². The van der Waals surface area contributed by atoms with Crippen LogP contribution in [0, 0.1) is 0 Å². The fourth-order valence-corrected chi connectivity index (χ4v) is 5.53. The molecule has 1 fully saturated rings. The largest absolute Gasteiger partial charge is 0.338 e. The molecular formula is C30H33N7O2. The van der Waals surface area contributed by atoms with E-state index in [9.17, 15) is 9.59 Å². The van der Waals surface area contributed by atoms with Gasteiger partial charge >= 0.3 is 0 Å². The molecule has 0 bridgehead atoms. The third-order valence-electron chi connectivity index (χ3n) is 7.78. The van der Waals surface area contributed by atoms with Crippen LogP contribution in [0.5, 0.6) is 0 Å². The van der Waals surface area contributed by atoms with Gasteiger partial charge in [0.05, 0.1) is 6.54 Å². The maximum absolute atomic E-state index is 13.3. The van der Waals surface area contributed by atoms with E-state index in [1.807, 2.05) is 29.2 Å². The van der Waals surface area contributed by atoms with Crippen LogP contribution in [0.1, 0.15) is 57.4 Å². The Hall–Kier alpha value is -4.27. The second kappa shape index (κ2) is 8.90. The Morgan fingerprint density at radius 2 is 1.97 bits per heavy atom. The van der Waals surface area contributed by atoms with Crippen LogP contribution in [-0.4, -0.2) is 41.7 Å². The monoisotopic (exact) mass is 523 g/mol. The summed E-state index contributed by atoms with van der Waals surface area (Å²) in [6.45, 7) is 13.5. The van der Waals surface area contributed by atoms with E-state index in [0.717, 1.165) is 36.3 Å². The van der Waals surface area contributed by atoms with Crippen LogP contribution in [0.2, 0.25) is 0 Å². The van der Waals surface area contributed by atoms with Crippen molar-refractivity contribution < 1.29 is 4.79 Å². The summed E-state index contributed by atoms with van der Waals surface area (Å²) in [4.78, 5) is 41.5. The Balaban J connectivity index is 1.41. The first kappa shape index (κ1) is 25.0. The van der Waals surface area contributed by atoms with Crippen molar-refractivity contribution in [3.05, 3.63) is 82.4 Å². The average molecular weight is 524 g/mol. The smallest absolute Gasteiger partial charge is 0.278 e. The molecule has 1 aliphatic heterocycles. The predicted octanol–water partition coefficient (Wildman–Crippen LogP) is 4.60. The highest BCUT2D eigenvalue weighted by Gasteiger charge is 2.49. The van der Waals surface area contributed by atoms with E-state index in [0.29, 0.717) is 35.9 Å². The molecule has 1 amide bonds. The van der Waals surface area contributed by atoms with Gasteiger partial charge in [-0.25, -0.2) is 19.3 Å². The summed E-state index contributed by atoms with van der Waals surface area (Å²) in [7, 11) is 0. The summed E-state index contributed by atoms with van der Waals surface area (Å²) < 4.78 is 3.32. The van der Waals surface area contributed by atoms with E-state index >= 15 is 0 Å². The molecule has 1 aliphatic carbocycles. The van der Waals surface area contributed by atoms with Crippen molar-refractivity contribution in [1.82, 2.24) is 29.2 Å². The number of fused-ring (bicyclic) bond motifs is 3. The van der Waals surface area contributed by atoms with Crippen molar-refractivity contribution in [1.29, 1.82) is 0 Å². The van der Waals surface area contributed by atoms with Gasteiger partial charge in [0.15, 0.2) is 11.5 Å². The fourth-order valence-electron chi connectivity index (χ4n) is 5.53. The van der Waals surface area contributed by atoms with Gasteiger partial charge in [-0.1, -0.05) is 39.0 Å². The highest BCUT2D eigenvalue weighted by Crippen LogP contribution is 2.52. The van der Waals surface area contributed by atoms with Gasteiger partial charge < -0.3 is 10.2 Å². The summed E-state index contributed by atoms with van der Waals surface area (Å²) in [5, 5.41) is 3.73. The number of nitrogens with one attached hydrogen (secondary N) is 1. The van der Waals surface area contributed by atoms with Gasteiger partial charge in [0, 0.05) is 48.4 Å². The summed E-state index contributed by atoms with van der Waals surface area (Å²) in [6, 6.07) is 12.1. The summed E-state index contributed by atoms with van der Waals surface area (Å²) in [6.07, 6.45) is 5.47. The second-order valence-electron chi connectivity index (χ2n) is 11.7. The lowest BCUT2D eigenvalue weighted by atomic mass is 9.86. The molecule has 0 radical (unpaired) electrons. The average Bonchev–Trinajstić information content (AvgIpc) is 3.61. The first-order chi connectivity index (χ1) is 18.6. The molecule has 39 heavy (non-hydrogen) atoms. The number of amides is 1. The molecule has 0 atom stereocenters. The molecular weight excluding hydrogens is 490 g/mol. The van der Waals surface area contributed by atoms with Crippen LogP contribution in [0.3, 0.4) is 0 Å². The molecule has 200 valence electrons. The SMILES string of the molecule is C=CCn1c(=O)c2cnc(Nc3ccc4c(c3)CN(C(C)=O)CC43CC3)nc2n1-c1cccc(C(C)(C)C)n1. The van der Waals surface area contributed by atoms with E-state index in [1.54, 1.807) is 28.6 Å². The highest BCUT2D eigenvalue weighted by molar-refractivity contribution is 5.77. The summed E-state index contributed by atoms with van der Waals surface area (Å²) in [5.74, 6) is 1.08. The zero-order chi connectivity index (χ0) is 27.5. The molecule has 9 heteroatoms. The number of allylic oxidation sites excluding steroid dienone is 1. The molecule has 0 unspecified atom stereocenters. The molecule has 3 aromatic heterocycles. The minimum absolute atomic E-state index is 0.102. The lowest BCUT2D eigenvalue weighted by Gasteiger charge is -2.34. The standard InChI is InChI=1S/C30H33N7O2/c1-6-14-36-27(39)22-16-31-28(34-26(22)37(36)25-9-7-8-24(33-25)29(3,4)5)32-21-10-11-23-20(15-21)17-35(19(2)38)18-30(23)12-13-30/h6-11,15-16H,1,12-14,17-18H2,2-5H3,(H,31,32,34). The number of pyridine rings is 1. The van der Waals surface area contributed by atoms with Gasteiger partial charge in [-0.15, -0.1) is 6.58 Å². The van der Waals surface area contributed by atoms with Gasteiger partial charge in [0.25, 0.3) is 5.56 Å². The van der Waals surface area contributed by atoms with E-state index in [-0.39, 0.29) is 22.3 Å². The normalized spacial score (nSPS) is 15.8. The zero-order valence-electron chi connectivity index (χ0n) is 22.9. The first-order valence-corrected chi connectivity index (χ1v) is 13.3. The van der Waals surface area contributed by atoms with E-state index < -0.39 is 0 Å². The molecule has 1 aromatic carbocycles. The van der Waals surface area contributed by atoms with Crippen molar-refractivity contribution in [2.45, 2.75) is 64.5 Å². The number of nitrogens with zero attached hydrogens (tertiary/aromatic N) is 6. The minimum atomic E-state index is -0.202. The number of carbonyl (C=O) groups is 1. The number of rotatable bonds is 5. The third-order valence-corrected chi connectivity index (χ3v) is 7.78. The minimum Gasteiger partial charge on any atom is -0.338 e. The highest BCUT2D eigenvalue weighted by atomic mass is 16.2. The lowest BCUT2D eigenvalue weighted by Crippen LogP contribution is -2.40. The molecule has 2 aliphatic rings. The first-order valence-electron chi connectivity index (χ1n) is 13.3. The van der Waals surface area contributed by atoms with E-state index in [4.69, 9.17) is 9.97 Å². The summed E-state index contributed by atoms with van der Waals surface area (Å²) in [5.41, 5.74) is 4.44. The molecule has 9 nitrogen and oxygen atoms in total. The van der Waals surface area contributed by atoms with Crippen molar-refractivity contribution in [3.8, 4) is 5.82 Å². The topological polar surface area (TPSA) is 97.9 Å².